The van der Waals surface area contributed by atoms with E-state index in [1.807, 2.05) is 20.8 Å². The summed E-state index contributed by atoms with van der Waals surface area (Å²) in [6, 6.07) is 0. The van der Waals surface area contributed by atoms with Gasteiger partial charge in [0.1, 0.15) is 14.2 Å². The molecule has 0 fully saturated rings. The molecule has 0 bridgehead atoms. The van der Waals surface area contributed by atoms with Crippen LogP contribution in [0.15, 0.2) is 0 Å². The van der Waals surface area contributed by atoms with Crippen LogP contribution in [-0.2, 0) is 4.79 Å². The lowest BCUT2D eigenvalue weighted by Crippen LogP contribution is -2.29. The van der Waals surface area contributed by atoms with Crippen molar-refractivity contribution in [2.45, 2.75) is 77.4 Å². The lowest BCUT2D eigenvalue weighted by Gasteiger charge is -2.23. The second-order valence-corrected chi connectivity index (χ2v) is 13.8. The third-order valence-electron chi connectivity index (χ3n) is 2.55. The molecule has 0 heterocycles. The van der Waals surface area contributed by atoms with Crippen LogP contribution in [0.25, 0.3) is 0 Å². The first-order valence-electron chi connectivity index (χ1n) is 7.40. The molecular formula is C16H30O2SSi. The van der Waals surface area contributed by atoms with Crippen molar-refractivity contribution in [3.63, 3.8) is 0 Å². The first-order valence-corrected chi connectivity index (χ1v) is 11.7. The van der Waals surface area contributed by atoms with E-state index in [0.29, 0.717) is 0 Å². The summed E-state index contributed by atoms with van der Waals surface area (Å²) in [5, 5.41) is 10.4. The Kier molecular flexibility index (Phi) is 8.16. The molecule has 0 aliphatic carbocycles. The molecule has 4 heteroatoms. The number of hydrogen-bond donors (Lipinski definition) is 1. The Hall–Kier alpha value is -0.243. The number of unbranched alkanes of at least 4 members (excludes halogenated alkanes) is 1. The molecule has 0 aromatic rings. The van der Waals surface area contributed by atoms with Crippen LogP contribution in [0.1, 0.15) is 47.0 Å². The van der Waals surface area contributed by atoms with E-state index in [0.717, 1.165) is 19.3 Å². The van der Waals surface area contributed by atoms with Gasteiger partial charge in [0, 0.05) is 4.75 Å². The van der Waals surface area contributed by atoms with E-state index in [1.54, 1.807) is 0 Å². The van der Waals surface area contributed by atoms with E-state index in [2.05, 4.69) is 38.0 Å². The molecule has 2 nitrogen and oxygen atoms in total. The molecule has 0 rings (SSSR count). The maximum atomic E-state index is 12.4. The zero-order valence-corrected chi connectivity index (χ0v) is 15.9. The molecule has 20 heavy (non-hydrogen) atoms. The van der Waals surface area contributed by atoms with Crippen molar-refractivity contribution < 1.29 is 9.90 Å². The zero-order chi connectivity index (χ0) is 16.0. The number of aliphatic hydroxyl groups is 1. The summed E-state index contributed by atoms with van der Waals surface area (Å²) >= 11 is 1.32. The van der Waals surface area contributed by atoms with Crippen molar-refractivity contribution in [2.24, 2.45) is 5.92 Å². The van der Waals surface area contributed by atoms with E-state index in [-0.39, 0.29) is 15.8 Å². The number of thioether (sulfide) groups is 1. The molecule has 2 atom stereocenters. The topological polar surface area (TPSA) is 37.3 Å². The largest absolute Gasteiger partial charge is 0.380 e. The maximum absolute atomic E-state index is 12.4. The molecule has 0 spiro atoms. The summed E-state index contributed by atoms with van der Waals surface area (Å²) in [6.45, 7) is 14.6. The molecule has 0 aromatic carbocycles. The summed E-state index contributed by atoms with van der Waals surface area (Å²) in [6.07, 6.45) is 1.88. The highest BCUT2D eigenvalue weighted by Crippen LogP contribution is 2.30. The molecule has 0 amide bonds. The van der Waals surface area contributed by atoms with Gasteiger partial charge in [-0.05, 0) is 6.42 Å². The van der Waals surface area contributed by atoms with Crippen LogP contribution in [0.3, 0.4) is 0 Å². The fraction of sp³-hybridized carbons (Fsp3) is 0.812. The first-order chi connectivity index (χ1) is 8.96. The van der Waals surface area contributed by atoms with Gasteiger partial charge in [-0.1, -0.05) is 77.9 Å². The fourth-order valence-electron chi connectivity index (χ4n) is 1.60. The standard InChI is InChI=1S/C16H30O2SSi/c1-8-9-10-13(15(18)19-16(2,3)4)14(17)11-12-20(5,6)7/h13-14,17H,8-10H2,1-7H3/t13-,14-/m0/s1. The van der Waals surface area contributed by atoms with Gasteiger partial charge >= 0.3 is 0 Å². The Balaban J connectivity index is 4.94. The van der Waals surface area contributed by atoms with E-state index in [4.69, 9.17) is 0 Å². The molecular weight excluding hydrogens is 284 g/mol. The molecule has 0 aliphatic rings. The maximum Gasteiger partial charge on any atom is 0.196 e. The minimum atomic E-state index is -1.52. The number of rotatable bonds is 5. The Bertz CT molecular complexity index is 369. The second kappa shape index (κ2) is 8.26. The molecule has 0 unspecified atom stereocenters. The first kappa shape index (κ1) is 19.8. The van der Waals surface area contributed by atoms with Gasteiger partial charge < -0.3 is 5.11 Å². The summed E-state index contributed by atoms with van der Waals surface area (Å²) in [7, 11) is -1.52. The highest BCUT2D eigenvalue weighted by molar-refractivity contribution is 8.14. The summed E-state index contributed by atoms with van der Waals surface area (Å²) in [5.74, 6) is 2.57. The average Bonchev–Trinajstić information content (AvgIpc) is 2.23. The summed E-state index contributed by atoms with van der Waals surface area (Å²) in [4.78, 5) is 12.4. The monoisotopic (exact) mass is 314 g/mol. The van der Waals surface area contributed by atoms with E-state index in [1.165, 1.54) is 11.8 Å². The van der Waals surface area contributed by atoms with Crippen LogP contribution < -0.4 is 0 Å². The van der Waals surface area contributed by atoms with Gasteiger partial charge in [-0.2, -0.15) is 0 Å². The van der Waals surface area contributed by atoms with Crippen LogP contribution >= 0.6 is 11.8 Å². The summed E-state index contributed by atoms with van der Waals surface area (Å²) < 4.78 is -0.118. The third kappa shape index (κ3) is 9.63. The highest BCUT2D eigenvalue weighted by atomic mass is 32.2. The normalized spacial score (nSPS) is 15.2. The third-order valence-corrected chi connectivity index (χ3v) is 4.57. The van der Waals surface area contributed by atoms with E-state index in [9.17, 15) is 9.90 Å². The number of carbonyl (C=O) groups is 1. The highest BCUT2D eigenvalue weighted by Gasteiger charge is 2.29. The SMILES string of the molecule is CCCC[C@H](C(=O)SC(C)(C)C)[C@@H](O)C#C[Si](C)(C)C. The Morgan fingerprint density at radius 3 is 2.25 bits per heavy atom. The van der Waals surface area contributed by atoms with Crippen LogP contribution in [0.2, 0.25) is 19.6 Å². The number of aliphatic hydroxyl groups excluding tert-OH is 1. The molecule has 0 aliphatic heterocycles. The lowest BCUT2D eigenvalue weighted by molar-refractivity contribution is -0.116. The average molecular weight is 315 g/mol. The van der Waals surface area contributed by atoms with Gasteiger partial charge in [0.15, 0.2) is 5.12 Å². The van der Waals surface area contributed by atoms with E-state index < -0.39 is 14.2 Å². The van der Waals surface area contributed by atoms with Crippen molar-refractivity contribution in [1.29, 1.82) is 0 Å². The Morgan fingerprint density at radius 2 is 1.85 bits per heavy atom. The molecule has 0 saturated heterocycles. The van der Waals surface area contributed by atoms with Crippen LogP contribution in [0.4, 0.5) is 0 Å². The molecule has 116 valence electrons. The van der Waals surface area contributed by atoms with Crippen molar-refractivity contribution in [3.8, 4) is 11.5 Å². The minimum Gasteiger partial charge on any atom is -0.380 e. The Morgan fingerprint density at radius 1 is 1.30 bits per heavy atom. The molecule has 0 saturated carbocycles. The quantitative estimate of drug-likeness (QED) is 0.613. The van der Waals surface area contributed by atoms with Gasteiger partial charge in [-0.25, -0.2) is 0 Å². The molecule has 1 N–H and O–H groups in total. The lowest BCUT2D eigenvalue weighted by atomic mass is 9.98. The van der Waals surface area contributed by atoms with Crippen LogP contribution in [-0.4, -0.2) is 29.1 Å². The van der Waals surface area contributed by atoms with Crippen LogP contribution in [0, 0.1) is 17.4 Å². The van der Waals surface area contributed by atoms with Gasteiger partial charge in [-0.3, -0.25) is 4.79 Å². The Labute approximate surface area is 130 Å². The number of hydrogen-bond acceptors (Lipinski definition) is 3. The molecule has 0 aromatic heterocycles. The van der Waals surface area contributed by atoms with E-state index >= 15 is 0 Å². The predicted octanol–water partition coefficient (Wildman–Crippen LogP) is 4.09. The van der Waals surface area contributed by atoms with Gasteiger partial charge in [0.25, 0.3) is 0 Å². The van der Waals surface area contributed by atoms with Gasteiger partial charge in [-0.15, -0.1) is 5.54 Å². The van der Waals surface area contributed by atoms with Gasteiger partial charge in [0.05, 0.1) is 5.92 Å². The fourth-order valence-corrected chi connectivity index (χ4v) is 3.18. The van der Waals surface area contributed by atoms with Crippen molar-refractivity contribution >= 4 is 25.0 Å². The minimum absolute atomic E-state index is 0.0725. The number of carbonyl (C=O) groups excluding carboxylic acids is 1. The zero-order valence-electron chi connectivity index (χ0n) is 14.0. The van der Waals surface area contributed by atoms with Crippen molar-refractivity contribution in [2.75, 3.05) is 0 Å². The second-order valence-electron chi connectivity index (χ2n) is 7.25. The van der Waals surface area contributed by atoms with Crippen LogP contribution in [0.5, 0.6) is 0 Å². The predicted molar refractivity (Wildman–Crippen MR) is 92.5 cm³/mol. The van der Waals surface area contributed by atoms with Gasteiger partial charge in [0.2, 0.25) is 0 Å². The summed E-state index contributed by atoms with van der Waals surface area (Å²) in [5.41, 5.74) is 3.17. The van der Waals surface area contributed by atoms with Crippen molar-refractivity contribution in [3.05, 3.63) is 0 Å². The smallest absolute Gasteiger partial charge is 0.196 e. The molecule has 0 radical (unpaired) electrons. The van der Waals surface area contributed by atoms with Crippen molar-refractivity contribution in [1.82, 2.24) is 0 Å².